The van der Waals surface area contributed by atoms with Crippen molar-refractivity contribution in [3.8, 4) is 0 Å². The fourth-order valence-corrected chi connectivity index (χ4v) is 9.36. The summed E-state index contributed by atoms with van der Waals surface area (Å²) in [4.78, 5) is 37.7. The number of phosphoric acid groups is 1. The third-order valence-electron chi connectivity index (χ3n) is 13.5. The number of amides is 1. The number of carbonyl (C=O) groups excluding carboxylic acids is 2. The molecule has 0 saturated heterocycles. The van der Waals surface area contributed by atoms with Crippen LogP contribution in [0, 0.1) is 0 Å². The number of phosphoric ester groups is 1. The molecule has 0 aliphatic carbocycles. The highest BCUT2D eigenvalue weighted by Gasteiger charge is 2.30. The molecule has 3 unspecified atom stereocenters. The third-order valence-corrected chi connectivity index (χ3v) is 14.4. The van der Waals surface area contributed by atoms with E-state index in [4.69, 9.17) is 13.8 Å². The van der Waals surface area contributed by atoms with Gasteiger partial charge < -0.3 is 19.4 Å². The zero-order valence-corrected chi connectivity index (χ0v) is 52.0. The number of hydrogen-bond donors (Lipinski definition) is 2. The van der Waals surface area contributed by atoms with E-state index in [1.165, 1.54) is 89.9 Å². The zero-order chi connectivity index (χ0) is 57.2. The summed E-state index contributed by atoms with van der Waals surface area (Å²) in [7, 11) is 1.47. The lowest BCUT2D eigenvalue weighted by Crippen LogP contribution is -2.47. The molecule has 0 rings (SSSR count). The highest BCUT2D eigenvalue weighted by molar-refractivity contribution is 7.47. The van der Waals surface area contributed by atoms with E-state index in [0.717, 1.165) is 128 Å². The first kappa shape index (κ1) is 74.7. The van der Waals surface area contributed by atoms with Crippen molar-refractivity contribution in [3.63, 3.8) is 0 Å². The molecule has 0 spiro atoms. The molecule has 0 aliphatic heterocycles. The Balaban J connectivity index is 5.08. The minimum absolute atomic E-state index is 0.0309. The number of hydrogen-bond acceptors (Lipinski definition) is 6. The normalized spacial score (nSPS) is 14.4. The van der Waals surface area contributed by atoms with Crippen molar-refractivity contribution >= 4 is 19.7 Å². The lowest BCUT2D eigenvalue weighted by atomic mass is 10.0. The molecule has 1 amide bonds. The van der Waals surface area contributed by atoms with E-state index in [2.05, 4.69) is 123 Å². The second-order valence-electron chi connectivity index (χ2n) is 22.2. The van der Waals surface area contributed by atoms with Crippen molar-refractivity contribution in [2.45, 2.75) is 270 Å². The Morgan fingerprint density at radius 2 is 0.821 bits per heavy atom. The van der Waals surface area contributed by atoms with Gasteiger partial charge in [-0.05, 0) is 109 Å². The van der Waals surface area contributed by atoms with Crippen molar-refractivity contribution in [1.82, 2.24) is 5.32 Å². The van der Waals surface area contributed by atoms with Crippen LogP contribution in [-0.2, 0) is 27.9 Å². The van der Waals surface area contributed by atoms with Gasteiger partial charge in [0.2, 0.25) is 5.91 Å². The number of nitrogens with zero attached hydrogens (tertiary/aromatic N) is 1. The Labute approximate surface area is 481 Å². The largest absolute Gasteiger partial charge is 0.472 e. The molecule has 9 nitrogen and oxygen atoms in total. The number of esters is 1. The third kappa shape index (κ3) is 57.4. The van der Waals surface area contributed by atoms with E-state index in [1.807, 2.05) is 33.3 Å². The zero-order valence-electron chi connectivity index (χ0n) is 51.1. The van der Waals surface area contributed by atoms with Gasteiger partial charge in [0.1, 0.15) is 19.3 Å². The molecule has 0 radical (unpaired) electrons. The minimum Gasteiger partial charge on any atom is -0.456 e. The van der Waals surface area contributed by atoms with Crippen LogP contribution in [0.3, 0.4) is 0 Å². The predicted octanol–water partition coefficient (Wildman–Crippen LogP) is 19.7. The fraction of sp³-hybridized carbons (Fsp3) is 0.706. The first-order valence-corrected chi connectivity index (χ1v) is 33.2. The van der Waals surface area contributed by atoms with E-state index in [0.29, 0.717) is 23.9 Å². The lowest BCUT2D eigenvalue weighted by Gasteiger charge is -2.27. The maximum absolute atomic E-state index is 13.6. The Morgan fingerprint density at radius 1 is 0.462 bits per heavy atom. The molecular weight excluding hydrogens is 988 g/mol. The van der Waals surface area contributed by atoms with Crippen molar-refractivity contribution < 1.29 is 37.3 Å². The van der Waals surface area contributed by atoms with Crippen LogP contribution in [0.4, 0.5) is 0 Å². The SMILES string of the molecule is CC/C=C\C/C=C\C/C=C\C/C=C\C/C=C\CCCCCCCCCCCCCC(=O)NC(COP(=O)(O)OCC[N+](C)(C)C)C(/C=C\CCCCCCCCCCC)OC(=O)CCCCCC/C=C/C/C=C/C/C=C/CC. The van der Waals surface area contributed by atoms with Crippen LogP contribution in [0.25, 0.3) is 0 Å². The average Bonchev–Trinajstić information content (AvgIpc) is 3.41. The van der Waals surface area contributed by atoms with Crippen LogP contribution in [0.15, 0.2) is 109 Å². The van der Waals surface area contributed by atoms with Gasteiger partial charge in [-0.3, -0.25) is 18.6 Å². The number of likely N-dealkylation sites (N-methyl/N-ethyl adjacent to an activating group) is 1. The maximum Gasteiger partial charge on any atom is 0.472 e. The van der Waals surface area contributed by atoms with Gasteiger partial charge in [-0.2, -0.15) is 0 Å². The number of quaternary nitrogens is 1. The van der Waals surface area contributed by atoms with Gasteiger partial charge in [0, 0.05) is 12.8 Å². The van der Waals surface area contributed by atoms with Crippen LogP contribution < -0.4 is 5.32 Å². The summed E-state index contributed by atoms with van der Waals surface area (Å²) in [5.74, 6) is -0.540. The van der Waals surface area contributed by atoms with E-state index >= 15 is 0 Å². The molecule has 0 heterocycles. The molecule has 448 valence electrons. The van der Waals surface area contributed by atoms with E-state index in [9.17, 15) is 19.0 Å². The molecule has 0 saturated carbocycles. The summed E-state index contributed by atoms with van der Waals surface area (Å²) in [6.07, 6.45) is 78.1. The predicted molar refractivity (Wildman–Crippen MR) is 337 cm³/mol. The molecule has 0 bridgehead atoms. The summed E-state index contributed by atoms with van der Waals surface area (Å²) < 4.78 is 30.7. The van der Waals surface area contributed by atoms with Crippen molar-refractivity contribution in [2.75, 3.05) is 40.9 Å². The first-order chi connectivity index (χ1) is 37.9. The van der Waals surface area contributed by atoms with Gasteiger partial charge in [0.15, 0.2) is 0 Å². The standard InChI is InChI=1S/C68H119N2O7P/c1-7-10-13-16-19-22-25-27-29-30-31-32-33-34-35-36-37-38-39-40-41-42-45-48-51-54-57-60-67(71)69-65(64-76-78(73,74)75-63-62-70(4,5)6)66(59-56-53-50-47-44-24-21-18-15-12-9-3)77-68(72)61-58-55-52-49-46-43-28-26-23-20-17-14-11-8-2/h10-11,13-14,19-20,22-23,27-29,31-32,34-35,43,56,59,65-66H,7-9,12,15-18,21,24-26,30,33,36-42,44-55,57-58,60-64H2,1-6H3,(H-,69,71,73,74)/p+1/b13-10-,14-11+,22-19-,23-20+,29-27-,32-31-,35-34-,43-28+,59-56-. The summed E-state index contributed by atoms with van der Waals surface area (Å²) in [6, 6.07) is -0.865. The number of ether oxygens (including phenoxy) is 1. The number of unbranched alkanes of at least 4 members (excludes halogenated alkanes) is 24. The summed E-state index contributed by atoms with van der Waals surface area (Å²) in [6.45, 7) is 6.75. The topological polar surface area (TPSA) is 111 Å². The van der Waals surface area contributed by atoms with E-state index in [1.54, 1.807) is 0 Å². The summed E-state index contributed by atoms with van der Waals surface area (Å²) in [5.41, 5.74) is 0. The number of carbonyl (C=O) groups is 2. The molecular formula is C68H120N2O7P+. The van der Waals surface area contributed by atoms with Gasteiger partial charge in [0.05, 0.1) is 33.8 Å². The molecule has 0 aromatic rings. The molecule has 3 atom stereocenters. The Morgan fingerprint density at radius 3 is 1.23 bits per heavy atom. The molecule has 2 N–H and O–H groups in total. The monoisotopic (exact) mass is 1110 g/mol. The second kappa shape index (κ2) is 56.9. The van der Waals surface area contributed by atoms with Crippen molar-refractivity contribution in [2.24, 2.45) is 0 Å². The van der Waals surface area contributed by atoms with Crippen LogP contribution in [0.5, 0.6) is 0 Å². The highest BCUT2D eigenvalue weighted by Crippen LogP contribution is 2.43. The number of allylic oxidation sites excluding steroid dienone is 17. The highest BCUT2D eigenvalue weighted by atomic mass is 31.2. The van der Waals surface area contributed by atoms with Crippen LogP contribution in [-0.4, -0.2) is 74.3 Å². The fourth-order valence-electron chi connectivity index (χ4n) is 8.63. The quantitative estimate of drug-likeness (QED) is 0.0205. The smallest absolute Gasteiger partial charge is 0.456 e. The van der Waals surface area contributed by atoms with Crippen LogP contribution in [0.1, 0.15) is 258 Å². The Bertz CT molecular complexity index is 1700. The van der Waals surface area contributed by atoms with Crippen molar-refractivity contribution in [3.05, 3.63) is 109 Å². The molecule has 0 fully saturated rings. The lowest BCUT2D eigenvalue weighted by molar-refractivity contribution is -0.870. The Kier molecular flexibility index (Phi) is 54.5. The van der Waals surface area contributed by atoms with Crippen LogP contribution in [0.2, 0.25) is 0 Å². The van der Waals surface area contributed by atoms with Gasteiger partial charge in [0.25, 0.3) is 0 Å². The maximum atomic E-state index is 13.6. The minimum atomic E-state index is -4.46. The van der Waals surface area contributed by atoms with E-state index in [-0.39, 0.29) is 31.5 Å². The van der Waals surface area contributed by atoms with Crippen LogP contribution >= 0.6 is 7.82 Å². The second-order valence-corrected chi connectivity index (χ2v) is 23.6. The van der Waals surface area contributed by atoms with Gasteiger partial charge in [-0.1, -0.05) is 246 Å². The number of nitrogens with one attached hydrogen (secondary N) is 1. The molecule has 0 aliphatic rings. The van der Waals surface area contributed by atoms with Gasteiger partial charge in [-0.15, -0.1) is 0 Å². The first-order valence-electron chi connectivity index (χ1n) is 31.7. The molecule has 0 aromatic carbocycles. The molecule has 0 aromatic heterocycles. The number of rotatable bonds is 56. The van der Waals surface area contributed by atoms with Crippen molar-refractivity contribution in [1.29, 1.82) is 0 Å². The van der Waals surface area contributed by atoms with E-state index < -0.39 is 20.0 Å². The summed E-state index contributed by atoms with van der Waals surface area (Å²) >= 11 is 0. The van der Waals surface area contributed by atoms with Gasteiger partial charge in [-0.25, -0.2) is 4.57 Å². The average molecular weight is 1110 g/mol. The summed E-state index contributed by atoms with van der Waals surface area (Å²) in [5, 5.41) is 3.05. The van der Waals surface area contributed by atoms with Gasteiger partial charge >= 0.3 is 13.8 Å². The molecule has 10 heteroatoms. The Hall–Kier alpha value is -3.33. The molecule has 78 heavy (non-hydrogen) atoms.